The molecule has 0 amide bonds. The number of hydrogen-bond donors (Lipinski definition) is 1. The van der Waals surface area contributed by atoms with Crippen LogP contribution in [0.15, 0.2) is 35.1 Å². The Labute approximate surface area is 122 Å². The molecule has 0 aliphatic heterocycles. The molecule has 102 valence electrons. The van der Waals surface area contributed by atoms with E-state index in [1.54, 1.807) is 6.33 Å². The number of nitrogens with one attached hydrogen (secondary N) is 1. The Morgan fingerprint density at radius 1 is 1.37 bits per heavy atom. The number of benzene rings is 1. The number of likely N-dealkylation sites (N-methyl/N-ethyl adjacent to an activating group) is 1. The van der Waals surface area contributed by atoms with Gasteiger partial charge in [-0.3, -0.25) is 4.68 Å². The minimum absolute atomic E-state index is 0.261. The molecule has 0 saturated carbocycles. The Kier molecular flexibility index (Phi) is 5.10. The van der Waals surface area contributed by atoms with Gasteiger partial charge in [0.25, 0.3) is 0 Å². The summed E-state index contributed by atoms with van der Waals surface area (Å²) >= 11 is 3.53. The van der Waals surface area contributed by atoms with E-state index in [0.717, 1.165) is 29.8 Å². The maximum Gasteiger partial charge on any atom is 0.138 e. The largest absolute Gasteiger partial charge is 0.310 e. The molecule has 0 spiro atoms. The van der Waals surface area contributed by atoms with Crippen LogP contribution in [0.2, 0.25) is 0 Å². The van der Waals surface area contributed by atoms with Gasteiger partial charge in [0.1, 0.15) is 12.2 Å². The summed E-state index contributed by atoms with van der Waals surface area (Å²) in [6.07, 6.45) is 2.47. The number of nitrogens with zero attached hydrogens (tertiary/aromatic N) is 3. The lowest BCUT2D eigenvalue weighted by atomic mass is 10.0. The van der Waals surface area contributed by atoms with Crippen LogP contribution in [0.1, 0.15) is 31.3 Å². The topological polar surface area (TPSA) is 42.7 Å². The van der Waals surface area contributed by atoms with Gasteiger partial charge in [-0.05, 0) is 31.2 Å². The van der Waals surface area contributed by atoms with E-state index in [1.807, 2.05) is 10.7 Å². The van der Waals surface area contributed by atoms with Crippen molar-refractivity contribution in [2.45, 2.75) is 32.9 Å². The molecule has 19 heavy (non-hydrogen) atoms. The van der Waals surface area contributed by atoms with Crippen molar-refractivity contribution >= 4 is 15.9 Å². The fourth-order valence-electron chi connectivity index (χ4n) is 2.17. The third-order valence-corrected chi connectivity index (χ3v) is 3.58. The zero-order valence-electron chi connectivity index (χ0n) is 11.3. The van der Waals surface area contributed by atoms with E-state index in [2.05, 4.69) is 63.4 Å². The predicted octanol–water partition coefficient (Wildman–Crippen LogP) is 2.95. The summed E-state index contributed by atoms with van der Waals surface area (Å²) in [6.45, 7) is 5.99. The smallest absolute Gasteiger partial charge is 0.138 e. The third kappa shape index (κ3) is 3.64. The minimum Gasteiger partial charge on any atom is -0.310 e. The molecule has 0 aliphatic rings. The molecule has 1 aromatic heterocycles. The van der Waals surface area contributed by atoms with Crippen molar-refractivity contribution in [1.82, 2.24) is 20.1 Å². The molecular weight excluding hydrogens is 304 g/mol. The molecule has 4 nitrogen and oxygen atoms in total. The highest BCUT2D eigenvalue weighted by Crippen LogP contribution is 2.21. The van der Waals surface area contributed by atoms with Gasteiger partial charge in [0.15, 0.2) is 0 Å². The summed E-state index contributed by atoms with van der Waals surface area (Å²) in [4.78, 5) is 4.36. The van der Waals surface area contributed by atoms with Gasteiger partial charge in [0, 0.05) is 23.5 Å². The normalized spacial score (nSPS) is 12.6. The van der Waals surface area contributed by atoms with E-state index in [9.17, 15) is 0 Å². The fraction of sp³-hybridized carbons (Fsp3) is 0.429. The molecule has 2 aromatic rings. The summed E-state index contributed by atoms with van der Waals surface area (Å²) in [7, 11) is 0. The van der Waals surface area contributed by atoms with Crippen LogP contribution in [-0.4, -0.2) is 21.3 Å². The summed E-state index contributed by atoms with van der Waals surface area (Å²) in [6, 6.07) is 8.66. The Morgan fingerprint density at radius 2 is 2.21 bits per heavy atom. The van der Waals surface area contributed by atoms with Crippen LogP contribution in [0.4, 0.5) is 0 Å². The standard InChI is InChI=1S/C14H19BrN4/c1-3-16-13(11-6-5-7-12(15)8-11)9-14-17-10-18-19(14)4-2/h5-8,10,13,16H,3-4,9H2,1-2H3. The van der Waals surface area contributed by atoms with Gasteiger partial charge >= 0.3 is 0 Å². The molecule has 0 saturated heterocycles. The lowest BCUT2D eigenvalue weighted by Gasteiger charge is -2.18. The highest BCUT2D eigenvalue weighted by molar-refractivity contribution is 9.10. The van der Waals surface area contributed by atoms with Crippen molar-refractivity contribution in [2.75, 3.05) is 6.54 Å². The van der Waals surface area contributed by atoms with Gasteiger partial charge in [-0.25, -0.2) is 4.98 Å². The highest BCUT2D eigenvalue weighted by atomic mass is 79.9. The van der Waals surface area contributed by atoms with Gasteiger partial charge in [-0.1, -0.05) is 35.0 Å². The highest BCUT2D eigenvalue weighted by Gasteiger charge is 2.14. The first-order valence-electron chi connectivity index (χ1n) is 6.60. The van der Waals surface area contributed by atoms with Crippen LogP contribution < -0.4 is 5.32 Å². The molecule has 1 heterocycles. The summed E-state index contributed by atoms with van der Waals surface area (Å²) in [5, 5.41) is 7.74. The van der Waals surface area contributed by atoms with Gasteiger partial charge < -0.3 is 5.32 Å². The second kappa shape index (κ2) is 6.82. The second-order valence-electron chi connectivity index (χ2n) is 4.36. The lowest BCUT2D eigenvalue weighted by molar-refractivity contribution is 0.509. The van der Waals surface area contributed by atoms with Crippen LogP contribution in [0.25, 0.3) is 0 Å². The van der Waals surface area contributed by atoms with Gasteiger partial charge in [0.05, 0.1) is 0 Å². The number of aromatic nitrogens is 3. The third-order valence-electron chi connectivity index (χ3n) is 3.08. The Bertz CT molecular complexity index is 524. The van der Waals surface area contributed by atoms with E-state index < -0.39 is 0 Å². The molecule has 0 radical (unpaired) electrons. The quantitative estimate of drug-likeness (QED) is 0.889. The van der Waals surface area contributed by atoms with Gasteiger partial charge in [-0.2, -0.15) is 5.10 Å². The average molecular weight is 323 g/mol. The van der Waals surface area contributed by atoms with E-state index in [1.165, 1.54) is 5.56 Å². The van der Waals surface area contributed by atoms with E-state index >= 15 is 0 Å². The second-order valence-corrected chi connectivity index (χ2v) is 5.28. The minimum atomic E-state index is 0.261. The van der Waals surface area contributed by atoms with Gasteiger partial charge in [0.2, 0.25) is 0 Å². The molecule has 0 fully saturated rings. The molecule has 0 bridgehead atoms. The number of aryl methyl sites for hydroxylation is 1. The first-order chi connectivity index (χ1) is 9.24. The summed E-state index contributed by atoms with van der Waals surface area (Å²) in [5.74, 6) is 1.02. The SMILES string of the molecule is CCNC(Cc1ncnn1CC)c1cccc(Br)c1. The van der Waals surface area contributed by atoms with Crippen LogP contribution >= 0.6 is 15.9 Å². The van der Waals surface area contributed by atoms with Crippen LogP contribution in [0.3, 0.4) is 0 Å². The Balaban J connectivity index is 2.21. The van der Waals surface area contributed by atoms with Crippen molar-refractivity contribution in [1.29, 1.82) is 0 Å². The first kappa shape index (κ1) is 14.2. The first-order valence-corrected chi connectivity index (χ1v) is 7.39. The van der Waals surface area contributed by atoms with Crippen LogP contribution in [-0.2, 0) is 13.0 Å². The molecule has 5 heteroatoms. The number of halogens is 1. The van der Waals surface area contributed by atoms with E-state index in [4.69, 9.17) is 0 Å². The molecule has 0 aliphatic carbocycles. The van der Waals surface area contributed by atoms with Crippen molar-refractivity contribution in [3.8, 4) is 0 Å². The number of hydrogen-bond acceptors (Lipinski definition) is 3. The van der Waals surface area contributed by atoms with E-state index in [0.29, 0.717) is 0 Å². The van der Waals surface area contributed by atoms with Crippen molar-refractivity contribution in [3.63, 3.8) is 0 Å². The molecule has 1 N–H and O–H groups in total. The Hall–Kier alpha value is -1.20. The lowest BCUT2D eigenvalue weighted by Crippen LogP contribution is -2.24. The Morgan fingerprint density at radius 3 is 2.89 bits per heavy atom. The van der Waals surface area contributed by atoms with Crippen LogP contribution in [0.5, 0.6) is 0 Å². The zero-order valence-corrected chi connectivity index (χ0v) is 12.9. The molecule has 1 aromatic carbocycles. The molecule has 1 unspecified atom stereocenters. The van der Waals surface area contributed by atoms with Crippen LogP contribution in [0, 0.1) is 0 Å². The average Bonchev–Trinajstić information content (AvgIpc) is 2.85. The predicted molar refractivity (Wildman–Crippen MR) is 80.0 cm³/mol. The zero-order chi connectivity index (χ0) is 13.7. The maximum atomic E-state index is 4.36. The van der Waals surface area contributed by atoms with E-state index in [-0.39, 0.29) is 6.04 Å². The fourth-order valence-corrected chi connectivity index (χ4v) is 2.59. The summed E-state index contributed by atoms with van der Waals surface area (Å²) < 4.78 is 3.05. The van der Waals surface area contributed by atoms with Crippen molar-refractivity contribution in [3.05, 3.63) is 46.5 Å². The van der Waals surface area contributed by atoms with Crippen molar-refractivity contribution in [2.24, 2.45) is 0 Å². The maximum absolute atomic E-state index is 4.36. The van der Waals surface area contributed by atoms with Gasteiger partial charge in [-0.15, -0.1) is 0 Å². The molecule has 2 rings (SSSR count). The molecule has 1 atom stereocenters. The molecular formula is C14H19BrN4. The number of rotatable bonds is 6. The monoisotopic (exact) mass is 322 g/mol. The summed E-state index contributed by atoms with van der Waals surface area (Å²) in [5.41, 5.74) is 1.27. The van der Waals surface area contributed by atoms with Crippen molar-refractivity contribution < 1.29 is 0 Å².